The van der Waals surface area contributed by atoms with Crippen LogP contribution < -0.4 is 5.32 Å². The van der Waals surface area contributed by atoms with Crippen molar-refractivity contribution in [2.45, 2.75) is 6.92 Å². The van der Waals surface area contributed by atoms with E-state index in [2.05, 4.69) is 36.9 Å². The van der Waals surface area contributed by atoms with E-state index >= 15 is 0 Å². The molecule has 2 aromatic rings. The lowest BCUT2D eigenvalue weighted by molar-refractivity contribution is 0.0967. The Bertz CT molecular complexity index is 878. The highest BCUT2D eigenvalue weighted by molar-refractivity contribution is 5.96. The van der Waals surface area contributed by atoms with Crippen molar-refractivity contribution in [2.75, 3.05) is 0 Å². The SMILES string of the molecule is C=CC(=C)NC(=O)c1ccc(C)c(C#Cc2ccccc2C=C)c1. The second-order valence-electron chi connectivity index (χ2n) is 5.25. The Labute approximate surface area is 143 Å². The van der Waals surface area contributed by atoms with E-state index in [1.165, 1.54) is 6.08 Å². The van der Waals surface area contributed by atoms with Crippen molar-refractivity contribution in [1.82, 2.24) is 5.32 Å². The van der Waals surface area contributed by atoms with E-state index in [0.717, 1.165) is 22.3 Å². The molecule has 0 atom stereocenters. The van der Waals surface area contributed by atoms with E-state index in [4.69, 9.17) is 0 Å². The van der Waals surface area contributed by atoms with E-state index in [0.29, 0.717) is 11.3 Å². The Kier molecular flexibility index (Phi) is 5.54. The molecule has 0 aliphatic carbocycles. The highest BCUT2D eigenvalue weighted by atomic mass is 16.1. The molecular weight excluding hydrogens is 294 g/mol. The van der Waals surface area contributed by atoms with Crippen LogP contribution in [0.4, 0.5) is 0 Å². The van der Waals surface area contributed by atoms with Crippen LogP contribution in [0.25, 0.3) is 6.08 Å². The molecule has 0 fully saturated rings. The standard InChI is InChI=1S/C22H19NO/c1-5-17(4)23-22(24)21-12-11-16(3)20(15-21)14-13-19-10-8-7-9-18(19)6-2/h5-12,15H,1-2,4H2,3H3,(H,23,24). The van der Waals surface area contributed by atoms with Gasteiger partial charge in [0, 0.05) is 22.4 Å². The minimum atomic E-state index is -0.227. The Morgan fingerprint density at radius 3 is 2.50 bits per heavy atom. The highest BCUT2D eigenvalue weighted by Crippen LogP contribution is 2.13. The molecule has 0 aliphatic heterocycles. The molecule has 2 nitrogen and oxygen atoms in total. The van der Waals surface area contributed by atoms with Gasteiger partial charge in [0.05, 0.1) is 0 Å². The number of benzene rings is 2. The Balaban J connectivity index is 2.35. The van der Waals surface area contributed by atoms with E-state index in [1.807, 2.05) is 37.3 Å². The molecule has 1 amide bonds. The minimum absolute atomic E-state index is 0.227. The van der Waals surface area contributed by atoms with Gasteiger partial charge in [0.2, 0.25) is 0 Å². The summed E-state index contributed by atoms with van der Waals surface area (Å²) in [5.41, 5.74) is 4.71. The molecule has 0 saturated heterocycles. The maximum atomic E-state index is 12.2. The first-order valence-electron chi connectivity index (χ1n) is 7.52. The molecule has 0 spiro atoms. The van der Waals surface area contributed by atoms with Crippen molar-refractivity contribution in [1.29, 1.82) is 0 Å². The third-order valence-corrected chi connectivity index (χ3v) is 3.53. The maximum Gasteiger partial charge on any atom is 0.255 e. The first-order valence-corrected chi connectivity index (χ1v) is 7.52. The van der Waals surface area contributed by atoms with Crippen molar-refractivity contribution in [3.63, 3.8) is 0 Å². The van der Waals surface area contributed by atoms with E-state index in [9.17, 15) is 4.79 Å². The second-order valence-corrected chi connectivity index (χ2v) is 5.25. The summed E-state index contributed by atoms with van der Waals surface area (Å²) in [5.74, 6) is 6.07. The van der Waals surface area contributed by atoms with Gasteiger partial charge < -0.3 is 5.32 Å². The smallest absolute Gasteiger partial charge is 0.255 e. The predicted molar refractivity (Wildman–Crippen MR) is 100 cm³/mol. The topological polar surface area (TPSA) is 29.1 Å². The third-order valence-electron chi connectivity index (χ3n) is 3.53. The monoisotopic (exact) mass is 313 g/mol. The molecule has 0 heterocycles. The number of hydrogen-bond donors (Lipinski definition) is 1. The quantitative estimate of drug-likeness (QED) is 0.655. The average molecular weight is 313 g/mol. The van der Waals surface area contributed by atoms with Crippen LogP contribution in [0.15, 0.2) is 74.0 Å². The first-order chi connectivity index (χ1) is 11.5. The fourth-order valence-corrected chi connectivity index (χ4v) is 2.09. The largest absolute Gasteiger partial charge is 0.323 e. The molecule has 0 unspecified atom stereocenters. The molecular formula is C22H19NO. The van der Waals surface area contributed by atoms with Crippen LogP contribution >= 0.6 is 0 Å². The zero-order valence-corrected chi connectivity index (χ0v) is 13.7. The van der Waals surface area contributed by atoms with Gasteiger partial charge in [-0.1, -0.05) is 61.9 Å². The van der Waals surface area contributed by atoms with Crippen LogP contribution in [0, 0.1) is 18.8 Å². The molecule has 0 aromatic heterocycles. The van der Waals surface area contributed by atoms with Crippen molar-refractivity contribution >= 4 is 12.0 Å². The zero-order valence-electron chi connectivity index (χ0n) is 13.7. The van der Waals surface area contributed by atoms with Crippen LogP contribution in [0.5, 0.6) is 0 Å². The Morgan fingerprint density at radius 1 is 1.08 bits per heavy atom. The van der Waals surface area contributed by atoms with Crippen molar-refractivity contribution < 1.29 is 4.79 Å². The van der Waals surface area contributed by atoms with Crippen LogP contribution in [0.1, 0.15) is 32.6 Å². The van der Waals surface area contributed by atoms with Crippen LogP contribution in [0.2, 0.25) is 0 Å². The summed E-state index contributed by atoms with van der Waals surface area (Å²) in [5, 5.41) is 2.67. The number of nitrogens with one attached hydrogen (secondary N) is 1. The Morgan fingerprint density at radius 2 is 1.79 bits per heavy atom. The van der Waals surface area contributed by atoms with Gasteiger partial charge in [-0.15, -0.1) is 0 Å². The van der Waals surface area contributed by atoms with Gasteiger partial charge in [0.1, 0.15) is 0 Å². The summed E-state index contributed by atoms with van der Waals surface area (Å²) in [6, 6.07) is 13.2. The number of hydrogen-bond acceptors (Lipinski definition) is 1. The molecule has 118 valence electrons. The fraction of sp³-hybridized carbons (Fsp3) is 0.0455. The average Bonchev–Trinajstić information content (AvgIpc) is 2.60. The molecule has 1 N–H and O–H groups in total. The number of carbonyl (C=O) groups excluding carboxylic acids is 1. The summed E-state index contributed by atoms with van der Waals surface area (Å²) in [4.78, 5) is 12.2. The number of rotatable bonds is 4. The third kappa shape index (κ3) is 4.12. The molecule has 0 bridgehead atoms. The van der Waals surface area contributed by atoms with Gasteiger partial charge in [0.25, 0.3) is 5.91 Å². The van der Waals surface area contributed by atoms with Gasteiger partial charge in [0.15, 0.2) is 0 Å². The van der Waals surface area contributed by atoms with E-state index in [-0.39, 0.29) is 5.91 Å². The van der Waals surface area contributed by atoms with Crippen molar-refractivity contribution in [3.8, 4) is 11.8 Å². The summed E-state index contributed by atoms with van der Waals surface area (Å²) in [7, 11) is 0. The molecule has 2 rings (SSSR count). The van der Waals surface area contributed by atoms with Gasteiger partial charge in [-0.05, 0) is 42.3 Å². The van der Waals surface area contributed by atoms with E-state index < -0.39 is 0 Å². The van der Waals surface area contributed by atoms with Gasteiger partial charge in [-0.25, -0.2) is 0 Å². The molecule has 2 heteroatoms. The second kappa shape index (κ2) is 7.80. The van der Waals surface area contributed by atoms with E-state index in [1.54, 1.807) is 18.2 Å². The normalized spacial score (nSPS) is 9.38. The Hall–Kier alpha value is -3.31. The summed E-state index contributed by atoms with van der Waals surface area (Å²) in [6.45, 7) is 13.0. The first kappa shape index (κ1) is 17.1. The van der Waals surface area contributed by atoms with Crippen LogP contribution in [-0.2, 0) is 0 Å². The van der Waals surface area contributed by atoms with Crippen molar-refractivity contribution in [2.24, 2.45) is 0 Å². The molecule has 2 aromatic carbocycles. The predicted octanol–water partition coefficient (Wildman–Crippen LogP) is 4.47. The molecule has 24 heavy (non-hydrogen) atoms. The lowest BCUT2D eigenvalue weighted by Crippen LogP contribution is -2.21. The molecule has 0 aliphatic rings. The number of allylic oxidation sites excluding steroid dienone is 1. The molecule has 0 radical (unpaired) electrons. The van der Waals surface area contributed by atoms with Gasteiger partial charge in [-0.3, -0.25) is 4.79 Å². The number of aryl methyl sites for hydroxylation is 1. The maximum absolute atomic E-state index is 12.2. The van der Waals surface area contributed by atoms with Crippen LogP contribution in [0.3, 0.4) is 0 Å². The molecule has 0 saturated carbocycles. The van der Waals surface area contributed by atoms with Crippen LogP contribution in [-0.4, -0.2) is 5.91 Å². The van der Waals surface area contributed by atoms with Gasteiger partial charge >= 0.3 is 0 Å². The number of amides is 1. The highest BCUT2D eigenvalue weighted by Gasteiger charge is 2.07. The minimum Gasteiger partial charge on any atom is -0.323 e. The van der Waals surface area contributed by atoms with Crippen molar-refractivity contribution in [3.05, 3.63) is 102 Å². The lowest BCUT2D eigenvalue weighted by atomic mass is 10.0. The summed E-state index contributed by atoms with van der Waals surface area (Å²) >= 11 is 0. The summed E-state index contributed by atoms with van der Waals surface area (Å²) in [6.07, 6.45) is 3.28. The van der Waals surface area contributed by atoms with Gasteiger partial charge in [-0.2, -0.15) is 0 Å². The fourth-order valence-electron chi connectivity index (χ4n) is 2.09. The lowest BCUT2D eigenvalue weighted by Gasteiger charge is -2.06. The zero-order chi connectivity index (χ0) is 17.5. The summed E-state index contributed by atoms with van der Waals surface area (Å²) < 4.78 is 0. The number of carbonyl (C=O) groups is 1.